The molecule has 108 valence electrons. The molecule has 1 atom stereocenters. The first-order chi connectivity index (χ1) is 10.2. The summed E-state index contributed by atoms with van der Waals surface area (Å²) in [5.74, 6) is 1.08. The predicted molar refractivity (Wildman–Crippen MR) is 82.3 cm³/mol. The van der Waals surface area contributed by atoms with Crippen molar-refractivity contribution in [3.8, 4) is 16.9 Å². The van der Waals surface area contributed by atoms with Gasteiger partial charge in [0.05, 0.1) is 0 Å². The monoisotopic (exact) mass is 282 g/mol. The first kappa shape index (κ1) is 13.6. The Kier molecular flexibility index (Phi) is 3.88. The Labute approximate surface area is 123 Å². The zero-order chi connectivity index (χ0) is 14.7. The highest BCUT2D eigenvalue weighted by Crippen LogP contribution is 2.31. The zero-order valence-corrected chi connectivity index (χ0v) is 11.7. The van der Waals surface area contributed by atoms with Crippen molar-refractivity contribution in [1.82, 2.24) is 5.32 Å². The van der Waals surface area contributed by atoms with E-state index in [0.29, 0.717) is 11.7 Å². The van der Waals surface area contributed by atoms with Gasteiger partial charge in [-0.1, -0.05) is 42.5 Å². The van der Waals surface area contributed by atoms with Gasteiger partial charge in [-0.15, -0.1) is 0 Å². The van der Waals surface area contributed by atoms with Crippen LogP contribution in [-0.4, -0.2) is 19.2 Å². The fourth-order valence-electron chi connectivity index (χ4n) is 2.78. The number of carbonyl (C=O) groups is 1. The molecule has 0 aliphatic carbocycles. The van der Waals surface area contributed by atoms with E-state index in [0.717, 1.165) is 24.2 Å². The summed E-state index contributed by atoms with van der Waals surface area (Å²) < 4.78 is 5.06. The Balaban J connectivity index is 1.88. The Hall–Kier alpha value is -2.33. The molecule has 1 aliphatic rings. The summed E-state index contributed by atoms with van der Waals surface area (Å²) in [4.78, 5) is 11.0. The minimum atomic E-state index is -0.795. The maximum atomic E-state index is 11.0. The van der Waals surface area contributed by atoms with Crippen LogP contribution < -0.4 is 15.8 Å². The molecule has 1 amide bonds. The smallest absolute Gasteiger partial charge is 0.409 e. The minimum Gasteiger partial charge on any atom is -0.410 e. The number of ether oxygens (including phenoxy) is 1. The van der Waals surface area contributed by atoms with Crippen molar-refractivity contribution in [2.24, 2.45) is 5.73 Å². The standard InChI is InChI=1S/C17H18N2O2/c18-17(20)21-16-4-2-1-3-15(16)13-7-5-12(6-8-13)14-9-10-19-11-14/h1-8,14,19H,9-11H2,(H2,18,20). The average Bonchev–Trinajstić information content (AvgIpc) is 3.02. The van der Waals surface area contributed by atoms with E-state index >= 15 is 0 Å². The van der Waals surface area contributed by atoms with Crippen molar-refractivity contribution in [3.05, 3.63) is 54.1 Å². The van der Waals surface area contributed by atoms with Crippen molar-refractivity contribution in [1.29, 1.82) is 0 Å². The largest absolute Gasteiger partial charge is 0.410 e. The van der Waals surface area contributed by atoms with Crippen LogP contribution in [0, 0.1) is 0 Å². The lowest BCUT2D eigenvalue weighted by atomic mass is 9.95. The van der Waals surface area contributed by atoms with Gasteiger partial charge in [-0.05, 0) is 36.1 Å². The highest BCUT2D eigenvalue weighted by atomic mass is 16.5. The van der Waals surface area contributed by atoms with E-state index in [9.17, 15) is 4.79 Å². The van der Waals surface area contributed by atoms with E-state index in [2.05, 4.69) is 29.6 Å². The third-order valence-corrected chi connectivity index (χ3v) is 3.85. The van der Waals surface area contributed by atoms with E-state index in [1.165, 1.54) is 12.0 Å². The molecule has 1 saturated heterocycles. The summed E-state index contributed by atoms with van der Waals surface area (Å²) in [6.45, 7) is 2.13. The first-order valence-corrected chi connectivity index (χ1v) is 7.11. The van der Waals surface area contributed by atoms with Crippen LogP contribution in [-0.2, 0) is 0 Å². The maximum absolute atomic E-state index is 11.0. The lowest BCUT2D eigenvalue weighted by Gasteiger charge is -2.12. The van der Waals surface area contributed by atoms with Gasteiger partial charge in [-0.2, -0.15) is 0 Å². The van der Waals surface area contributed by atoms with Crippen molar-refractivity contribution in [2.75, 3.05) is 13.1 Å². The van der Waals surface area contributed by atoms with Gasteiger partial charge < -0.3 is 15.8 Å². The molecule has 2 aromatic carbocycles. The number of para-hydroxylation sites is 1. The fraction of sp³-hybridized carbons (Fsp3) is 0.235. The number of amides is 1. The zero-order valence-electron chi connectivity index (χ0n) is 11.7. The second-order valence-electron chi connectivity index (χ2n) is 5.23. The van der Waals surface area contributed by atoms with Gasteiger partial charge in [0.15, 0.2) is 0 Å². The van der Waals surface area contributed by atoms with Gasteiger partial charge in [-0.25, -0.2) is 4.79 Å². The summed E-state index contributed by atoms with van der Waals surface area (Å²) in [6.07, 6.45) is 0.386. The van der Waals surface area contributed by atoms with Crippen LogP contribution >= 0.6 is 0 Å². The molecule has 0 radical (unpaired) electrons. The third-order valence-electron chi connectivity index (χ3n) is 3.85. The molecule has 1 fully saturated rings. The third kappa shape index (κ3) is 3.06. The minimum absolute atomic E-state index is 0.486. The number of hydrogen-bond donors (Lipinski definition) is 2. The molecule has 0 saturated carbocycles. The number of nitrogens with two attached hydrogens (primary N) is 1. The number of benzene rings is 2. The first-order valence-electron chi connectivity index (χ1n) is 7.11. The van der Waals surface area contributed by atoms with Crippen molar-refractivity contribution < 1.29 is 9.53 Å². The van der Waals surface area contributed by atoms with E-state index in [4.69, 9.17) is 10.5 Å². The maximum Gasteiger partial charge on any atom is 0.409 e. The summed E-state index contributed by atoms with van der Waals surface area (Å²) in [5, 5.41) is 3.38. The lowest BCUT2D eigenvalue weighted by Crippen LogP contribution is -2.16. The number of rotatable bonds is 3. The summed E-state index contributed by atoms with van der Waals surface area (Å²) in [7, 11) is 0. The number of primary amides is 1. The molecular formula is C17H18N2O2. The van der Waals surface area contributed by atoms with E-state index < -0.39 is 6.09 Å². The summed E-state index contributed by atoms with van der Waals surface area (Å²) in [5.41, 5.74) is 8.34. The molecule has 1 aliphatic heterocycles. The van der Waals surface area contributed by atoms with Crippen LogP contribution in [0.1, 0.15) is 17.9 Å². The molecule has 4 heteroatoms. The SMILES string of the molecule is NC(=O)Oc1ccccc1-c1ccc(C2CCNC2)cc1. The van der Waals surface area contributed by atoms with Crippen LogP contribution in [0.4, 0.5) is 4.79 Å². The molecule has 1 unspecified atom stereocenters. The highest BCUT2D eigenvalue weighted by Gasteiger charge is 2.16. The van der Waals surface area contributed by atoms with Crippen LogP contribution in [0.15, 0.2) is 48.5 Å². The molecule has 3 rings (SSSR count). The van der Waals surface area contributed by atoms with E-state index in [1.54, 1.807) is 6.07 Å². The fourth-order valence-corrected chi connectivity index (χ4v) is 2.78. The van der Waals surface area contributed by atoms with Crippen LogP contribution in [0.3, 0.4) is 0 Å². The van der Waals surface area contributed by atoms with Gasteiger partial charge in [0.1, 0.15) is 5.75 Å². The number of hydrogen-bond acceptors (Lipinski definition) is 3. The molecule has 1 heterocycles. The van der Waals surface area contributed by atoms with Gasteiger partial charge in [0.25, 0.3) is 0 Å². The summed E-state index contributed by atoms with van der Waals surface area (Å²) in [6, 6.07) is 15.8. The van der Waals surface area contributed by atoms with Crippen LogP contribution in [0.25, 0.3) is 11.1 Å². The molecule has 4 nitrogen and oxygen atoms in total. The van der Waals surface area contributed by atoms with Crippen LogP contribution in [0.2, 0.25) is 0 Å². The molecule has 0 bridgehead atoms. The Morgan fingerprint density at radius 1 is 1.14 bits per heavy atom. The van der Waals surface area contributed by atoms with Crippen LogP contribution in [0.5, 0.6) is 5.75 Å². The van der Waals surface area contributed by atoms with Crippen molar-refractivity contribution in [2.45, 2.75) is 12.3 Å². The van der Waals surface area contributed by atoms with E-state index in [-0.39, 0.29) is 0 Å². The van der Waals surface area contributed by atoms with Gasteiger partial charge in [0.2, 0.25) is 0 Å². The second-order valence-corrected chi connectivity index (χ2v) is 5.23. The van der Waals surface area contributed by atoms with Gasteiger partial charge in [0, 0.05) is 12.1 Å². The molecule has 0 spiro atoms. The molecule has 21 heavy (non-hydrogen) atoms. The quantitative estimate of drug-likeness (QED) is 0.909. The Morgan fingerprint density at radius 2 is 1.90 bits per heavy atom. The van der Waals surface area contributed by atoms with Crippen molar-refractivity contribution in [3.63, 3.8) is 0 Å². The van der Waals surface area contributed by atoms with Crippen molar-refractivity contribution >= 4 is 6.09 Å². The average molecular weight is 282 g/mol. The lowest BCUT2D eigenvalue weighted by molar-refractivity contribution is 0.211. The summed E-state index contributed by atoms with van der Waals surface area (Å²) >= 11 is 0. The van der Waals surface area contributed by atoms with Gasteiger partial charge in [-0.3, -0.25) is 0 Å². The molecular weight excluding hydrogens is 264 g/mol. The van der Waals surface area contributed by atoms with E-state index in [1.807, 2.05) is 18.2 Å². The Bertz CT molecular complexity index is 631. The molecule has 0 aromatic heterocycles. The number of nitrogens with one attached hydrogen (secondary N) is 1. The predicted octanol–water partition coefficient (Wildman–Crippen LogP) is 2.89. The topological polar surface area (TPSA) is 64.4 Å². The molecule has 2 aromatic rings. The number of carbonyl (C=O) groups excluding carboxylic acids is 1. The Morgan fingerprint density at radius 3 is 2.57 bits per heavy atom. The highest BCUT2D eigenvalue weighted by molar-refractivity contribution is 5.76. The van der Waals surface area contributed by atoms with Gasteiger partial charge >= 0.3 is 6.09 Å². The second kappa shape index (κ2) is 5.97. The molecule has 3 N–H and O–H groups in total. The normalized spacial score (nSPS) is 17.6.